The Labute approximate surface area is 189 Å². The quantitative estimate of drug-likeness (QED) is 0.616. The number of hydrogen-bond acceptors (Lipinski definition) is 5. The minimum absolute atomic E-state index is 0.108. The van der Waals surface area contributed by atoms with E-state index >= 15 is 0 Å². The molecule has 3 aromatic rings. The Morgan fingerprint density at radius 1 is 1.24 bits per heavy atom. The maximum absolute atomic E-state index is 13.7. The number of likely N-dealkylation sites (tertiary alicyclic amines) is 1. The number of nitrogens with one attached hydrogen (secondary N) is 1. The van der Waals surface area contributed by atoms with Crippen molar-refractivity contribution < 1.29 is 18.0 Å². The van der Waals surface area contributed by atoms with Crippen molar-refractivity contribution in [3.8, 4) is 5.69 Å². The number of pyridine rings is 1. The molecule has 1 fully saturated rings. The summed E-state index contributed by atoms with van der Waals surface area (Å²) < 4.78 is 40.0. The second kappa shape index (κ2) is 9.21. The molecular weight excluding hydrogens is 433 g/mol. The van der Waals surface area contributed by atoms with Gasteiger partial charge < -0.3 is 10.2 Å². The number of aromatic nitrogens is 4. The standard InChI is InChI=1S/C23H25F3N6O/c1-15-5-7-19(32-14-27-13-30-32)18(10-15)22(33)31-9-3-4-16(2)20(31)12-29-21-8-6-17(11-28-21)23(24,25)26/h5-8,10-11,13-14,16,20H,3-4,9,12H2,1-2H3,(H,28,29). The van der Waals surface area contributed by atoms with Gasteiger partial charge in [-0.15, -0.1) is 0 Å². The Morgan fingerprint density at radius 2 is 2.06 bits per heavy atom. The SMILES string of the molecule is Cc1ccc(-n2cncn2)c(C(=O)N2CCCC(C)C2CNc2ccc(C(F)(F)F)cn2)c1. The Kier molecular flexibility index (Phi) is 6.35. The Bertz CT molecular complexity index is 1100. The van der Waals surface area contributed by atoms with Gasteiger partial charge in [0.05, 0.1) is 22.9 Å². The largest absolute Gasteiger partial charge is 0.417 e. The molecule has 10 heteroatoms. The van der Waals surface area contributed by atoms with E-state index in [1.54, 1.807) is 11.0 Å². The van der Waals surface area contributed by atoms with Gasteiger partial charge in [0.25, 0.3) is 5.91 Å². The Morgan fingerprint density at radius 3 is 2.73 bits per heavy atom. The first-order chi connectivity index (χ1) is 15.7. The Balaban J connectivity index is 1.55. The molecule has 7 nitrogen and oxygen atoms in total. The van der Waals surface area contributed by atoms with Crippen LogP contribution in [-0.2, 0) is 6.18 Å². The first-order valence-corrected chi connectivity index (χ1v) is 10.8. The van der Waals surface area contributed by atoms with Crippen molar-refractivity contribution in [3.05, 3.63) is 65.9 Å². The average molecular weight is 458 g/mol. The van der Waals surface area contributed by atoms with Crippen LogP contribution in [0, 0.1) is 12.8 Å². The summed E-state index contributed by atoms with van der Waals surface area (Å²) in [6, 6.07) is 7.79. The highest BCUT2D eigenvalue weighted by atomic mass is 19.4. The third-order valence-electron chi connectivity index (χ3n) is 6.01. The number of anilines is 1. The van der Waals surface area contributed by atoms with Crippen LogP contribution in [0.3, 0.4) is 0 Å². The number of aryl methyl sites for hydroxylation is 1. The molecule has 1 N–H and O–H groups in total. The number of nitrogens with zero attached hydrogens (tertiary/aromatic N) is 5. The summed E-state index contributed by atoms with van der Waals surface area (Å²) >= 11 is 0. The maximum Gasteiger partial charge on any atom is 0.417 e. The van der Waals surface area contributed by atoms with Crippen LogP contribution in [0.2, 0.25) is 0 Å². The summed E-state index contributed by atoms with van der Waals surface area (Å²) in [4.78, 5) is 23.4. The summed E-state index contributed by atoms with van der Waals surface area (Å²) in [5, 5.41) is 7.29. The van der Waals surface area contributed by atoms with Gasteiger partial charge in [-0.1, -0.05) is 18.6 Å². The fraction of sp³-hybridized carbons (Fsp3) is 0.391. The number of piperidine rings is 1. The number of carbonyl (C=O) groups excluding carboxylic acids is 1. The van der Waals surface area contributed by atoms with E-state index in [-0.39, 0.29) is 17.9 Å². The predicted octanol–water partition coefficient (Wildman–Crippen LogP) is 4.34. The normalized spacial score (nSPS) is 18.9. The van der Waals surface area contributed by atoms with E-state index in [2.05, 4.69) is 27.3 Å². The van der Waals surface area contributed by atoms with Crippen LogP contribution < -0.4 is 5.32 Å². The van der Waals surface area contributed by atoms with E-state index in [9.17, 15) is 18.0 Å². The minimum Gasteiger partial charge on any atom is -0.368 e. The molecule has 1 aliphatic heterocycles. The molecule has 2 aromatic heterocycles. The number of halogens is 3. The van der Waals surface area contributed by atoms with Gasteiger partial charge in [0.1, 0.15) is 18.5 Å². The van der Waals surface area contributed by atoms with Gasteiger partial charge in [-0.05, 0) is 49.9 Å². The molecule has 0 radical (unpaired) electrons. The topological polar surface area (TPSA) is 75.9 Å². The van der Waals surface area contributed by atoms with Gasteiger partial charge in [-0.2, -0.15) is 18.3 Å². The van der Waals surface area contributed by atoms with Crippen LogP contribution in [0.15, 0.2) is 49.2 Å². The molecule has 33 heavy (non-hydrogen) atoms. The first kappa shape index (κ1) is 22.8. The molecule has 0 spiro atoms. The monoisotopic (exact) mass is 458 g/mol. The van der Waals surface area contributed by atoms with E-state index < -0.39 is 11.7 Å². The van der Waals surface area contributed by atoms with Gasteiger partial charge >= 0.3 is 6.18 Å². The molecule has 0 aliphatic carbocycles. The highest BCUT2D eigenvalue weighted by Crippen LogP contribution is 2.30. The zero-order chi connectivity index (χ0) is 23.6. The lowest BCUT2D eigenvalue weighted by molar-refractivity contribution is -0.137. The van der Waals surface area contributed by atoms with E-state index in [0.717, 1.165) is 30.7 Å². The third-order valence-corrected chi connectivity index (χ3v) is 6.01. The summed E-state index contributed by atoms with van der Waals surface area (Å²) in [6.07, 6.45) is 1.19. The van der Waals surface area contributed by atoms with Crippen molar-refractivity contribution >= 4 is 11.7 Å². The van der Waals surface area contributed by atoms with Crippen molar-refractivity contribution in [2.24, 2.45) is 5.92 Å². The molecule has 0 bridgehead atoms. The van der Waals surface area contributed by atoms with Crippen molar-refractivity contribution in [2.45, 2.75) is 38.9 Å². The number of benzene rings is 1. The highest BCUT2D eigenvalue weighted by Gasteiger charge is 2.34. The Hall–Kier alpha value is -3.43. The zero-order valence-electron chi connectivity index (χ0n) is 18.4. The summed E-state index contributed by atoms with van der Waals surface area (Å²) in [5.41, 5.74) is 1.34. The second-order valence-electron chi connectivity index (χ2n) is 8.36. The molecule has 174 valence electrons. The second-order valence-corrected chi connectivity index (χ2v) is 8.36. The predicted molar refractivity (Wildman–Crippen MR) is 117 cm³/mol. The molecule has 1 saturated heterocycles. The van der Waals surface area contributed by atoms with Crippen LogP contribution in [0.5, 0.6) is 0 Å². The molecule has 2 atom stereocenters. The van der Waals surface area contributed by atoms with E-state index in [1.165, 1.54) is 12.4 Å². The lowest BCUT2D eigenvalue weighted by atomic mass is 9.89. The van der Waals surface area contributed by atoms with Gasteiger partial charge in [-0.3, -0.25) is 4.79 Å². The lowest BCUT2D eigenvalue weighted by Gasteiger charge is -2.40. The smallest absolute Gasteiger partial charge is 0.368 e. The molecular formula is C23H25F3N6O. The van der Waals surface area contributed by atoms with Crippen molar-refractivity contribution in [2.75, 3.05) is 18.4 Å². The van der Waals surface area contributed by atoms with E-state index in [0.29, 0.717) is 30.2 Å². The van der Waals surface area contributed by atoms with Crippen molar-refractivity contribution in [1.29, 1.82) is 0 Å². The molecule has 4 rings (SSSR count). The van der Waals surface area contributed by atoms with Crippen LogP contribution >= 0.6 is 0 Å². The number of alkyl halides is 3. The molecule has 0 saturated carbocycles. The number of carbonyl (C=O) groups is 1. The lowest BCUT2D eigenvalue weighted by Crippen LogP contribution is -2.51. The average Bonchev–Trinajstić information content (AvgIpc) is 3.32. The number of hydrogen-bond donors (Lipinski definition) is 1. The fourth-order valence-corrected chi connectivity index (χ4v) is 4.20. The van der Waals surface area contributed by atoms with Gasteiger partial charge in [-0.25, -0.2) is 14.6 Å². The molecule has 1 amide bonds. The van der Waals surface area contributed by atoms with Crippen molar-refractivity contribution in [1.82, 2.24) is 24.6 Å². The molecule has 1 aromatic carbocycles. The summed E-state index contributed by atoms with van der Waals surface area (Å²) in [7, 11) is 0. The van der Waals surface area contributed by atoms with Gasteiger partial charge in [0.15, 0.2) is 0 Å². The maximum atomic E-state index is 13.7. The van der Waals surface area contributed by atoms with Gasteiger partial charge in [0, 0.05) is 19.3 Å². The van der Waals surface area contributed by atoms with Crippen LogP contribution in [0.4, 0.5) is 19.0 Å². The third kappa shape index (κ3) is 4.99. The fourth-order valence-electron chi connectivity index (χ4n) is 4.20. The zero-order valence-corrected chi connectivity index (χ0v) is 18.4. The highest BCUT2D eigenvalue weighted by molar-refractivity contribution is 5.98. The molecule has 3 heterocycles. The number of rotatable bonds is 5. The van der Waals surface area contributed by atoms with E-state index in [1.807, 2.05) is 30.0 Å². The van der Waals surface area contributed by atoms with Crippen LogP contribution in [-0.4, -0.2) is 49.7 Å². The summed E-state index contributed by atoms with van der Waals surface area (Å²) in [5.74, 6) is 0.444. The van der Waals surface area contributed by atoms with Gasteiger partial charge in [0.2, 0.25) is 0 Å². The number of amides is 1. The molecule has 2 unspecified atom stereocenters. The van der Waals surface area contributed by atoms with Crippen molar-refractivity contribution in [3.63, 3.8) is 0 Å². The summed E-state index contributed by atoms with van der Waals surface area (Å²) in [6.45, 7) is 4.99. The minimum atomic E-state index is -4.43. The first-order valence-electron chi connectivity index (χ1n) is 10.8. The van der Waals surface area contributed by atoms with Crippen LogP contribution in [0.25, 0.3) is 5.69 Å². The van der Waals surface area contributed by atoms with Crippen LogP contribution in [0.1, 0.15) is 41.3 Å². The molecule has 1 aliphatic rings. The van der Waals surface area contributed by atoms with E-state index in [4.69, 9.17) is 0 Å².